The average molecular weight is 494 g/mol. The van der Waals surface area contributed by atoms with Crippen LogP contribution < -0.4 is 14.7 Å². The number of barbiturate groups is 1. The molecular weight excluding hydrogens is 462 g/mol. The Kier molecular flexibility index (Phi) is 5.98. The molecule has 4 amide bonds. The lowest BCUT2D eigenvalue weighted by Crippen LogP contribution is -2.57. The van der Waals surface area contributed by atoms with Crippen molar-refractivity contribution in [2.45, 2.75) is 45.6 Å². The first-order valence-electron chi connectivity index (χ1n) is 12.5. The van der Waals surface area contributed by atoms with E-state index in [9.17, 15) is 14.4 Å². The first kappa shape index (κ1) is 24.5. The highest BCUT2D eigenvalue weighted by Crippen LogP contribution is 2.44. The number of rotatable bonds is 3. The highest BCUT2D eigenvalue weighted by molar-refractivity contribution is 6.46. The van der Waals surface area contributed by atoms with E-state index in [1.54, 1.807) is 54.6 Å². The third-order valence-electron chi connectivity index (χ3n) is 7.60. The molecule has 0 bridgehead atoms. The van der Waals surface area contributed by atoms with Crippen molar-refractivity contribution in [3.8, 4) is 0 Å². The molecule has 3 aromatic rings. The minimum Gasteiger partial charge on any atom is -0.369 e. The lowest BCUT2D eigenvalue weighted by Gasteiger charge is -2.45. The third-order valence-corrected chi connectivity index (χ3v) is 7.60. The standard InChI is InChI=1S/C31H31N3O3/c1-20-16-27-25(21(2)19-31(3,4)32(27)5)17-22(20)18-26-28(35)33(23-12-8-6-9-13-23)30(37)34(29(26)36)24-14-10-7-11-15-24/h6-18,21H,19H2,1-5H3. The molecule has 0 radical (unpaired) electrons. The maximum Gasteiger partial charge on any atom is 0.343 e. The van der Waals surface area contributed by atoms with Gasteiger partial charge in [0.15, 0.2) is 0 Å². The van der Waals surface area contributed by atoms with Gasteiger partial charge in [0.05, 0.1) is 11.4 Å². The first-order chi connectivity index (χ1) is 17.6. The smallest absolute Gasteiger partial charge is 0.343 e. The fraction of sp³-hybridized carbons (Fsp3) is 0.258. The van der Waals surface area contributed by atoms with Crippen molar-refractivity contribution in [2.24, 2.45) is 0 Å². The van der Waals surface area contributed by atoms with Crippen LogP contribution in [-0.2, 0) is 9.59 Å². The molecular formula is C31H31N3O3. The number of amides is 4. The van der Waals surface area contributed by atoms with Crippen molar-refractivity contribution >= 4 is 41.0 Å². The largest absolute Gasteiger partial charge is 0.369 e. The summed E-state index contributed by atoms with van der Waals surface area (Å²) in [7, 11) is 2.11. The molecule has 0 N–H and O–H groups in total. The van der Waals surface area contributed by atoms with Gasteiger partial charge in [-0.3, -0.25) is 9.59 Å². The molecule has 1 unspecified atom stereocenters. The second-order valence-electron chi connectivity index (χ2n) is 10.5. The Bertz CT molecular complexity index is 1360. The van der Waals surface area contributed by atoms with E-state index < -0.39 is 17.8 Å². The van der Waals surface area contributed by atoms with Crippen LogP contribution >= 0.6 is 0 Å². The van der Waals surface area contributed by atoms with Crippen LogP contribution in [0.4, 0.5) is 21.9 Å². The summed E-state index contributed by atoms with van der Waals surface area (Å²) in [6, 6.07) is 21.0. The number of anilines is 3. The van der Waals surface area contributed by atoms with Crippen molar-refractivity contribution in [2.75, 3.05) is 21.7 Å². The molecule has 0 aliphatic carbocycles. The van der Waals surface area contributed by atoms with E-state index in [-0.39, 0.29) is 11.1 Å². The van der Waals surface area contributed by atoms with Gasteiger partial charge in [-0.25, -0.2) is 14.6 Å². The van der Waals surface area contributed by atoms with Gasteiger partial charge in [-0.15, -0.1) is 0 Å². The van der Waals surface area contributed by atoms with E-state index in [0.717, 1.165) is 33.0 Å². The van der Waals surface area contributed by atoms with Gasteiger partial charge in [-0.1, -0.05) is 43.3 Å². The molecule has 2 aliphatic rings. The average Bonchev–Trinajstić information content (AvgIpc) is 2.87. The lowest BCUT2D eigenvalue weighted by molar-refractivity contribution is -0.121. The number of carbonyl (C=O) groups excluding carboxylic acids is 3. The molecule has 37 heavy (non-hydrogen) atoms. The molecule has 1 atom stereocenters. The van der Waals surface area contributed by atoms with Gasteiger partial charge in [0.2, 0.25) is 0 Å². The van der Waals surface area contributed by atoms with E-state index >= 15 is 0 Å². The molecule has 1 fully saturated rings. The Balaban J connectivity index is 1.65. The van der Waals surface area contributed by atoms with Crippen molar-refractivity contribution < 1.29 is 14.4 Å². The zero-order valence-electron chi connectivity index (χ0n) is 21.9. The number of carbonyl (C=O) groups is 3. The predicted molar refractivity (Wildman–Crippen MR) is 148 cm³/mol. The van der Waals surface area contributed by atoms with E-state index in [4.69, 9.17) is 0 Å². The van der Waals surface area contributed by atoms with Crippen LogP contribution in [0.25, 0.3) is 6.08 Å². The summed E-state index contributed by atoms with van der Waals surface area (Å²) in [4.78, 5) is 45.4. The number of hydrogen-bond acceptors (Lipinski definition) is 4. The Hall–Kier alpha value is -4.19. The molecule has 5 rings (SSSR count). The predicted octanol–water partition coefficient (Wildman–Crippen LogP) is 6.30. The van der Waals surface area contributed by atoms with Gasteiger partial charge in [0.1, 0.15) is 5.57 Å². The highest BCUT2D eigenvalue weighted by atomic mass is 16.2. The summed E-state index contributed by atoms with van der Waals surface area (Å²) >= 11 is 0. The summed E-state index contributed by atoms with van der Waals surface area (Å²) < 4.78 is 0. The number of hydrogen-bond donors (Lipinski definition) is 0. The van der Waals surface area contributed by atoms with E-state index in [0.29, 0.717) is 17.3 Å². The van der Waals surface area contributed by atoms with E-state index in [2.05, 4.69) is 44.9 Å². The zero-order valence-corrected chi connectivity index (χ0v) is 21.9. The highest BCUT2D eigenvalue weighted by Gasteiger charge is 2.44. The fourth-order valence-electron chi connectivity index (χ4n) is 5.38. The minimum absolute atomic E-state index is 0.0286. The number of imide groups is 2. The van der Waals surface area contributed by atoms with Crippen molar-refractivity contribution in [3.63, 3.8) is 0 Å². The number of fused-ring (bicyclic) bond motifs is 1. The second-order valence-corrected chi connectivity index (χ2v) is 10.5. The Morgan fingerprint density at radius 3 is 1.86 bits per heavy atom. The number of aryl methyl sites for hydroxylation is 1. The maximum atomic E-state index is 13.7. The summed E-state index contributed by atoms with van der Waals surface area (Å²) in [5, 5.41) is 0. The van der Waals surface area contributed by atoms with Crippen LogP contribution in [-0.4, -0.2) is 30.4 Å². The van der Waals surface area contributed by atoms with Gasteiger partial charge in [0.25, 0.3) is 11.8 Å². The number of benzene rings is 3. The molecule has 0 spiro atoms. The van der Waals surface area contributed by atoms with Crippen LogP contribution in [0.15, 0.2) is 78.4 Å². The number of urea groups is 1. The quantitative estimate of drug-likeness (QED) is 0.317. The maximum absolute atomic E-state index is 13.7. The second kappa shape index (κ2) is 9.04. The Labute approximate surface area is 217 Å². The number of nitrogens with zero attached hydrogens (tertiary/aromatic N) is 3. The summed E-state index contributed by atoms with van der Waals surface area (Å²) in [5.41, 5.74) is 4.91. The van der Waals surface area contributed by atoms with Gasteiger partial charge in [-0.2, -0.15) is 0 Å². The van der Waals surface area contributed by atoms with Gasteiger partial charge in [0, 0.05) is 18.3 Å². The van der Waals surface area contributed by atoms with Crippen molar-refractivity contribution in [1.82, 2.24) is 0 Å². The van der Waals surface area contributed by atoms with Gasteiger partial charge >= 0.3 is 6.03 Å². The lowest BCUT2D eigenvalue weighted by atomic mass is 9.79. The molecule has 188 valence electrons. The SMILES string of the molecule is Cc1cc2c(cc1C=C1C(=O)N(c3ccccc3)C(=O)N(c3ccccc3)C1=O)C(C)CC(C)(C)N2C. The molecule has 1 saturated heterocycles. The third kappa shape index (κ3) is 4.12. The van der Waals surface area contributed by atoms with Crippen LogP contribution in [0.1, 0.15) is 49.8 Å². The van der Waals surface area contributed by atoms with Crippen LogP contribution in [0, 0.1) is 6.92 Å². The molecule has 3 aromatic carbocycles. The Morgan fingerprint density at radius 2 is 1.35 bits per heavy atom. The molecule has 0 saturated carbocycles. The molecule has 2 heterocycles. The van der Waals surface area contributed by atoms with Crippen molar-refractivity contribution in [3.05, 3.63) is 95.1 Å². The monoisotopic (exact) mass is 493 g/mol. The molecule has 6 nitrogen and oxygen atoms in total. The van der Waals surface area contributed by atoms with Crippen LogP contribution in [0.5, 0.6) is 0 Å². The van der Waals surface area contributed by atoms with E-state index in [1.807, 2.05) is 19.1 Å². The molecule has 2 aliphatic heterocycles. The summed E-state index contributed by atoms with van der Waals surface area (Å²) in [6.07, 6.45) is 2.64. The fourth-order valence-corrected chi connectivity index (χ4v) is 5.38. The minimum atomic E-state index is -0.691. The van der Waals surface area contributed by atoms with Crippen LogP contribution in [0.2, 0.25) is 0 Å². The van der Waals surface area contributed by atoms with Crippen LogP contribution in [0.3, 0.4) is 0 Å². The van der Waals surface area contributed by atoms with Crippen molar-refractivity contribution in [1.29, 1.82) is 0 Å². The summed E-state index contributed by atoms with van der Waals surface area (Å²) in [5.74, 6) is -0.937. The Morgan fingerprint density at radius 1 is 0.838 bits per heavy atom. The van der Waals surface area contributed by atoms with Gasteiger partial charge in [-0.05, 0) is 92.3 Å². The molecule has 6 heteroatoms. The summed E-state index contributed by atoms with van der Waals surface area (Å²) in [6.45, 7) is 8.68. The van der Waals surface area contributed by atoms with E-state index in [1.165, 1.54) is 5.56 Å². The van der Waals surface area contributed by atoms with Gasteiger partial charge < -0.3 is 4.90 Å². The topological polar surface area (TPSA) is 60.9 Å². The zero-order chi connectivity index (χ0) is 26.5. The normalized spacial score (nSPS) is 19.3. The first-order valence-corrected chi connectivity index (χ1v) is 12.5. The molecule has 0 aromatic heterocycles. The number of para-hydroxylation sites is 2.